The zero-order chi connectivity index (χ0) is 16.2. The van der Waals surface area contributed by atoms with Crippen LogP contribution in [0.3, 0.4) is 0 Å². The lowest BCUT2D eigenvalue weighted by atomic mass is 10.1. The smallest absolute Gasteiger partial charge is 0.258 e. The third-order valence-corrected chi connectivity index (χ3v) is 4.13. The minimum Gasteiger partial charge on any atom is -0.467 e. The van der Waals surface area contributed by atoms with Crippen molar-refractivity contribution >= 4 is 27.5 Å². The van der Waals surface area contributed by atoms with E-state index in [4.69, 9.17) is 4.74 Å². The van der Waals surface area contributed by atoms with Crippen molar-refractivity contribution in [1.82, 2.24) is 15.3 Å². The number of fused-ring (bicyclic) bond motifs is 1. The number of aromatic nitrogens is 2. The zero-order valence-electron chi connectivity index (χ0n) is 12.3. The minimum atomic E-state index is -0.306. The summed E-state index contributed by atoms with van der Waals surface area (Å²) in [5.41, 5.74) is 0.821. The van der Waals surface area contributed by atoms with E-state index in [0.29, 0.717) is 5.88 Å². The molecule has 0 bridgehead atoms. The summed E-state index contributed by atoms with van der Waals surface area (Å²) in [5, 5.41) is 5.48. The molecule has 2 aromatic heterocycles. The SMILES string of the molecule is CC(NC(=O)COc1ncnc2sccc12)c1ccc(F)cc1. The van der Waals surface area contributed by atoms with Gasteiger partial charge in [-0.25, -0.2) is 14.4 Å². The Balaban J connectivity index is 1.59. The van der Waals surface area contributed by atoms with Gasteiger partial charge in [0.25, 0.3) is 5.91 Å². The average Bonchev–Trinajstić information content (AvgIpc) is 3.02. The summed E-state index contributed by atoms with van der Waals surface area (Å²) in [5.74, 6) is -0.191. The normalized spacial score (nSPS) is 12.1. The number of thiophene rings is 1. The van der Waals surface area contributed by atoms with Crippen LogP contribution in [0.1, 0.15) is 18.5 Å². The Kier molecular flexibility index (Phi) is 4.47. The van der Waals surface area contributed by atoms with E-state index in [-0.39, 0.29) is 24.4 Å². The highest BCUT2D eigenvalue weighted by Gasteiger charge is 2.12. The van der Waals surface area contributed by atoms with Gasteiger partial charge in [0.1, 0.15) is 17.0 Å². The van der Waals surface area contributed by atoms with Gasteiger partial charge in [-0.1, -0.05) is 12.1 Å². The predicted molar refractivity (Wildman–Crippen MR) is 85.9 cm³/mol. The zero-order valence-corrected chi connectivity index (χ0v) is 13.1. The first kappa shape index (κ1) is 15.4. The summed E-state index contributed by atoms with van der Waals surface area (Å²) in [6.07, 6.45) is 1.41. The molecular weight excluding hydrogens is 317 g/mol. The van der Waals surface area contributed by atoms with Gasteiger partial charge < -0.3 is 10.1 Å². The molecule has 3 aromatic rings. The number of carbonyl (C=O) groups is 1. The van der Waals surface area contributed by atoms with Gasteiger partial charge in [0.2, 0.25) is 5.88 Å². The summed E-state index contributed by atoms with van der Waals surface area (Å²) in [7, 11) is 0. The molecule has 0 spiro atoms. The van der Waals surface area contributed by atoms with E-state index in [9.17, 15) is 9.18 Å². The number of benzene rings is 1. The quantitative estimate of drug-likeness (QED) is 0.780. The molecule has 1 amide bonds. The van der Waals surface area contributed by atoms with Crippen molar-refractivity contribution in [2.24, 2.45) is 0 Å². The Morgan fingerprint density at radius 1 is 1.30 bits per heavy atom. The third-order valence-electron chi connectivity index (χ3n) is 3.31. The Morgan fingerprint density at radius 3 is 2.87 bits per heavy atom. The molecular formula is C16H14FN3O2S. The molecule has 0 aliphatic rings. The van der Waals surface area contributed by atoms with Crippen molar-refractivity contribution < 1.29 is 13.9 Å². The summed E-state index contributed by atoms with van der Waals surface area (Å²) in [6.45, 7) is 1.68. The Labute approximate surface area is 136 Å². The van der Waals surface area contributed by atoms with E-state index in [1.54, 1.807) is 12.1 Å². The second kappa shape index (κ2) is 6.70. The highest BCUT2D eigenvalue weighted by molar-refractivity contribution is 7.16. The summed E-state index contributed by atoms with van der Waals surface area (Å²) >= 11 is 1.48. The molecule has 0 fully saturated rings. The summed E-state index contributed by atoms with van der Waals surface area (Å²) in [4.78, 5) is 21.0. The fraction of sp³-hybridized carbons (Fsp3) is 0.188. The molecule has 0 saturated heterocycles. The van der Waals surface area contributed by atoms with Crippen LogP contribution in [-0.2, 0) is 4.79 Å². The monoisotopic (exact) mass is 331 g/mol. The molecule has 2 heterocycles. The van der Waals surface area contributed by atoms with Crippen LogP contribution in [0.15, 0.2) is 42.0 Å². The molecule has 118 valence electrons. The van der Waals surface area contributed by atoms with Gasteiger partial charge in [-0.15, -0.1) is 11.3 Å². The lowest BCUT2D eigenvalue weighted by molar-refractivity contribution is -0.123. The van der Waals surface area contributed by atoms with Crippen molar-refractivity contribution in [2.45, 2.75) is 13.0 Å². The second-order valence-electron chi connectivity index (χ2n) is 4.95. The van der Waals surface area contributed by atoms with Crippen LogP contribution in [0.5, 0.6) is 5.88 Å². The first-order valence-corrected chi connectivity index (χ1v) is 7.87. The number of ether oxygens (including phenoxy) is 1. The molecule has 7 heteroatoms. The van der Waals surface area contributed by atoms with Crippen LogP contribution >= 0.6 is 11.3 Å². The largest absolute Gasteiger partial charge is 0.467 e. The molecule has 1 unspecified atom stereocenters. The first-order valence-electron chi connectivity index (χ1n) is 6.99. The van der Waals surface area contributed by atoms with Gasteiger partial charge >= 0.3 is 0 Å². The van der Waals surface area contributed by atoms with Crippen molar-refractivity contribution in [3.63, 3.8) is 0 Å². The fourth-order valence-corrected chi connectivity index (χ4v) is 2.86. The van der Waals surface area contributed by atoms with Gasteiger partial charge in [0, 0.05) is 0 Å². The van der Waals surface area contributed by atoms with Crippen molar-refractivity contribution in [1.29, 1.82) is 0 Å². The van der Waals surface area contributed by atoms with Gasteiger partial charge in [-0.3, -0.25) is 4.79 Å². The van der Waals surface area contributed by atoms with Crippen LogP contribution in [0.4, 0.5) is 4.39 Å². The maximum Gasteiger partial charge on any atom is 0.258 e. The van der Waals surface area contributed by atoms with Crippen LogP contribution in [0, 0.1) is 5.82 Å². The predicted octanol–water partition coefficient (Wildman–Crippen LogP) is 3.09. The second-order valence-corrected chi connectivity index (χ2v) is 5.84. The van der Waals surface area contributed by atoms with Gasteiger partial charge in [0.05, 0.1) is 11.4 Å². The fourth-order valence-electron chi connectivity index (χ4n) is 2.13. The standard InChI is InChI=1S/C16H14FN3O2S/c1-10(11-2-4-12(17)5-3-11)20-14(21)8-22-15-13-6-7-23-16(13)19-9-18-15/h2-7,9-10H,8H2,1H3,(H,20,21). The van der Waals surface area contributed by atoms with E-state index in [2.05, 4.69) is 15.3 Å². The molecule has 0 aliphatic heterocycles. The molecule has 0 radical (unpaired) electrons. The van der Waals surface area contributed by atoms with Crippen LogP contribution in [0.2, 0.25) is 0 Å². The molecule has 3 rings (SSSR count). The molecule has 0 aliphatic carbocycles. The van der Waals surface area contributed by atoms with Crippen molar-refractivity contribution in [2.75, 3.05) is 6.61 Å². The van der Waals surface area contributed by atoms with Crippen LogP contribution in [0.25, 0.3) is 10.2 Å². The summed E-state index contributed by atoms with van der Waals surface area (Å²) < 4.78 is 18.4. The van der Waals surface area contributed by atoms with Crippen molar-refractivity contribution in [3.8, 4) is 5.88 Å². The van der Waals surface area contributed by atoms with Gasteiger partial charge in [-0.2, -0.15) is 0 Å². The number of carbonyl (C=O) groups excluding carboxylic acids is 1. The maximum atomic E-state index is 12.9. The molecule has 23 heavy (non-hydrogen) atoms. The van der Waals surface area contributed by atoms with Gasteiger partial charge in [0.15, 0.2) is 6.61 Å². The number of amides is 1. The number of rotatable bonds is 5. The number of halogens is 1. The third kappa shape index (κ3) is 3.62. The number of hydrogen-bond donors (Lipinski definition) is 1. The number of nitrogens with zero attached hydrogens (tertiary/aromatic N) is 2. The maximum absolute atomic E-state index is 12.9. The molecule has 1 aromatic carbocycles. The average molecular weight is 331 g/mol. The Hall–Kier alpha value is -2.54. The molecule has 5 nitrogen and oxygen atoms in total. The Morgan fingerprint density at radius 2 is 2.09 bits per heavy atom. The molecule has 1 atom stereocenters. The van der Waals surface area contributed by atoms with E-state index in [0.717, 1.165) is 15.8 Å². The van der Waals surface area contributed by atoms with Crippen LogP contribution < -0.4 is 10.1 Å². The van der Waals surface area contributed by atoms with Gasteiger partial charge in [-0.05, 0) is 36.1 Å². The minimum absolute atomic E-state index is 0.145. The molecule has 1 N–H and O–H groups in total. The number of nitrogens with one attached hydrogen (secondary N) is 1. The summed E-state index contributed by atoms with van der Waals surface area (Å²) in [6, 6.07) is 7.62. The lowest BCUT2D eigenvalue weighted by Crippen LogP contribution is -2.31. The topological polar surface area (TPSA) is 64.1 Å². The van der Waals surface area contributed by atoms with E-state index in [1.165, 1.54) is 29.8 Å². The van der Waals surface area contributed by atoms with Crippen LogP contribution in [-0.4, -0.2) is 22.5 Å². The van der Waals surface area contributed by atoms with Crippen molar-refractivity contribution in [3.05, 3.63) is 53.4 Å². The number of hydrogen-bond acceptors (Lipinski definition) is 5. The highest BCUT2D eigenvalue weighted by atomic mass is 32.1. The van der Waals surface area contributed by atoms with E-state index >= 15 is 0 Å². The lowest BCUT2D eigenvalue weighted by Gasteiger charge is -2.14. The van der Waals surface area contributed by atoms with E-state index < -0.39 is 0 Å². The Bertz CT molecular complexity index is 820. The first-order chi connectivity index (χ1) is 11.1. The van der Waals surface area contributed by atoms with E-state index in [1.807, 2.05) is 18.4 Å². The highest BCUT2D eigenvalue weighted by Crippen LogP contribution is 2.25. The molecule has 0 saturated carbocycles.